The minimum Gasteiger partial charge on any atom is -0.375 e. The molecule has 1 N–H and O–H groups in total. The van der Waals surface area contributed by atoms with E-state index in [-0.39, 0.29) is 16.8 Å². The van der Waals surface area contributed by atoms with Crippen molar-refractivity contribution in [1.29, 1.82) is 0 Å². The van der Waals surface area contributed by atoms with Crippen molar-refractivity contribution in [3.05, 3.63) is 16.5 Å². The third-order valence-corrected chi connectivity index (χ3v) is 3.45. The summed E-state index contributed by atoms with van der Waals surface area (Å²) in [6, 6.07) is 0.216. The van der Waals surface area contributed by atoms with Gasteiger partial charge in [-0.3, -0.25) is 4.79 Å². The fourth-order valence-electron chi connectivity index (χ4n) is 2.31. The van der Waals surface area contributed by atoms with Gasteiger partial charge in [0.15, 0.2) is 6.29 Å². The van der Waals surface area contributed by atoms with Gasteiger partial charge in [-0.15, -0.1) is 0 Å². The zero-order valence-corrected chi connectivity index (χ0v) is 12.1. The number of aromatic nitrogens is 2. The fourth-order valence-corrected chi connectivity index (χ4v) is 2.57. The van der Waals surface area contributed by atoms with Crippen LogP contribution in [0.1, 0.15) is 42.9 Å². The first-order valence-electron chi connectivity index (χ1n) is 6.31. The van der Waals surface area contributed by atoms with Gasteiger partial charge < -0.3 is 10.1 Å². The van der Waals surface area contributed by atoms with Crippen molar-refractivity contribution in [2.75, 3.05) is 11.9 Å². The molecule has 0 spiro atoms. The van der Waals surface area contributed by atoms with E-state index in [1.165, 1.54) is 0 Å². The minimum absolute atomic E-state index is 0.164. The first-order chi connectivity index (χ1) is 8.91. The van der Waals surface area contributed by atoms with Crippen molar-refractivity contribution in [2.45, 2.75) is 45.3 Å². The predicted octanol–water partition coefficient (Wildman–Crippen LogP) is 2.62. The molecule has 0 amide bonds. The molecule has 104 valence electrons. The van der Waals surface area contributed by atoms with Gasteiger partial charge >= 0.3 is 0 Å². The molecule has 2 rings (SSSR count). The van der Waals surface area contributed by atoms with Crippen molar-refractivity contribution in [1.82, 2.24) is 9.97 Å². The van der Waals surface area contributed by atoms with Crippen molar-refractivity contribution in [3.63, 3.8) is 0 Å². The van der Waals surface area contributed by atoms with E-state index in [1.807, 2.05) is 0 Å². The summed E-state index contributed by atoms with van der Waals surface area (Å²) in [5.74, 6) is 1.06. The summed E-state index contributed by atoms with van der Waals surface area (Å²) in [6.45, 7) is 6.55. The Labute approximate surface area is 117 Å². The van der Waals surface area contributed by atoms with Gasteiger partial charge in [-0.1, -0.05) is 11.6 Å². The zero-order valence-electron chi connectivity index (χ0n) is 11.4. The molecule has 1 aliphatic rings. The first kappa shape index (κ1) is 14.2. The van der Waals surface area contributed by atoms with Gasteiger partial charge in [-0.2, -0.15) is 0 Å². The largest absolute Gasteiger partial charge is 0.375 e. The summed E-state index contributed by atoms with van der Waals surface area (Å²) < 4.78 is 5.67. The highest BCUT2D eigenvalue weighted by molar-refractivity contribution is 6.32. The maximum atomic E-state index is 11.1. The van der Waals surface area contributed by atoms with Gasteiger partial charge in [0.1, 0.15) is 16.8 Å². The fraction of sp³-hybridized carbons (Fsp3) is 0.615. The van der Waals surface area contributed by atoms with Crippen LogP contribution < -0.4 is 5.32 Å². The van der Waals surface area contributed by atoms with Crippen LogP contribution in [0.2, 0.25) is 5.15 Å². The Balaban J connectivity index is 2.21. The lowest BCUT2D eigenvalue weighted by Gasteiger charge is -2.36. The Morgan fingerprint density at radius 3 is 2.84 bits per heavy atom. The summed E-state index contributed by atoms with van der Waals surface area (Å²) in [6.07, 6.45) is 2.42. The highest BCUT2D eigenvalue weighted by Crippen LogP contribution is 2.27. The van der Waals surface area contributed by atoms with Crippen molar-refractivity contribution < 1.29 is 9.53 Å². The van der Waals surface area contributed by atoms with Crippen LogP contribution in [0.5, 0.6) is 0 Å². The molecule has 0 radical (unpaired) electrons. The molecule has 1 unspecified atom stereocenters. The Kier molecular flexibility index (Phi) is 4.06. The van der Waals surface area contributed by atoms with Crippen LogP contribution in [0.15, 0.2) is 0 Å². The second-order valence-electron chi connectivity index (χ2n) is 5.38. The maximum Gasteiger partial charge on any atom is 0.156 e. The summed E-state index contributed by atoms with van der Waals surface area (Å²) in [7, 11) is 0. The number of aryl methyl sites for hydroxylation is 1. The monoisotopic (exact) mass is 283 g/mol. The predicted molar refractivity (Wildman–Crippen MR) is 73.8 cm³/mol. The molecular formula is C13H18ClN3O2. The summed E-state index contributed by atoms with van der Waals surface area (Å²) in [5, 5.41) is 3.48. The molecule has 0 aromatic carbocycles. The van der Waals surface area contributed by atoms with Gasteiger partial charge in [0.05, 0.1) is 11.2 Å². The lowest BCUT2D eigenvalue weighted by atomic mass is 9.94. The second-order valence-corrected chi connectivity index (χ2v) is 5.74. The second kappa shape index (κ2) is 5.43. The number of nitrogens with zero attached hydrogens (tertiary/aromatic N) is 2. The molecule has 5 nitrogen and oxygen atoms in total. The number of halogens is 1. The van der Waals surface area contributed by atoms with E-state index in [4.69, 9.17) is 16.3 Å². The number of hydrogen-bond donors (Lipinski definition) is 1. The third-order valence-electron chi connectivity index (χ3n) is 3.17. The maximum absolute atomic E-state index is 11.1. The Morgan fingerprint density at radius 2 is 2.21 bits per heavy atom. The number of aldehydes is 1. The normalized spacial score (nSPS) is 22.0. The molecule has 0 saturated carbocycles. The van der Waals surface area contributed by atoms with Gasteiger partial charge in [0, 0.05) is 12.6 Å². The van der Waals surface area contributed by atoms with E-state index in [0.29, 0.717) is 30.1 Å². The van der Waals surface area contributed by atoms with Gasteiger partial charge in [0.25, 0.3) is 0 Å². The summed E-state index contributed by atoms with van der Waals surface area (Å²) >= 11 is 5.96. The molecule has 1 fully saturated rings. The molecule has 19 heavy (non-hydrogen) atoms. The van der Waals surface area contributed by atoms with Gasteiger partial charge in [-0.05, 0) is 33.6 Å². The average molecular weight is 284 g/mol. The van der Waals surface area contributed by atoms with Crippen molar-refractivity contribution in [3.8, 4) is 0 Å². The molecule has 0 aliphatic carbocycles. The van der Waals surface area contributed by atoms with E-state index in [9.17, 15) is 4.79 Å². The van der Waals surface area contributed by atoms with Crippen LogP contribution in [0.25, 0.3) is 0 Å². The van der Waals surface area contributed by atoms with Crippen LogP contribution in [0, 0.1) is 6.92 Å². The number of anilines is 1. The Morgan fingerprint density at radius 1 is 1.47 bits per heavy atom. The van der Waals surface area contributed by atoms with Crippen LogP contribution >= 0.6 is 11.6 Å². The molecule has 6 heteroatoms. The average Bonchev–Trinajstić information content (AvgIpc) is 2.26. The first-order valence-corrected chi connectivity index (χ1v) is 6.69. The highest BCUT2D eigenvalue weighted by Gasteiger charge is 2.29. The third kappa shape index (κ3) is 3.42. The van der Waals surface area contributed by atoms with Gasteiger partial charge in [0.2, 0.25) is 0 Å². The van der Waals surface area contributed by atoms with Crippen LogP contribution in [0.4, 0.5) is 5.82 Å². The van der Waals surface area contributed by atoms with Gasteiger partial charge in [-0.25, -0.2) is 9.97 Å². The van der Waals surface area contributed by atoms with E-state index in [1.54, 1.807) is 6.92 Å². The highest BCUT2D eigenvalue weighted by atomic mass is 35.5. The summed E-state index contributed by atoms with van der Waals surface area (Å²) in [4.78, 5) is 19.4. The number of carbonyl (C=O) groups is 1. The zero-order chi connectivity index (χ0) is 14.0. The lowest BCUT2D eigenvalue weighted by molar-refractivity contribution is -0.0553. The number of hydrogen-bond acceptors (Lipinski definition) is 5. The van der Waals surface area contributed by atoms with E-state index in [2.05, 4.69) is 29.1 Å². The molecule has 1 aromatic heterocycles. The van der Waals surface area contributed by atoms with Crippen molar-refractivity contribution >= 4 is 23.7 Å². The van der Waals surface area contributed by atoms with Crippen LogP contribution in [-0.2, 0) is 4.74 Å². The van der Waals surface area contributed by atoms with E-state index >= 15 is 0 Å². The molecule has 1 aliphatic heterocycles. The van der Waals surface area contributed by atoms with E-state index < -0.39 is 0 Å². The molecule has 0 bridgehead atoms. The number of nitrogens with one attached hydrogen (secondary N) is 1. The SMILES string of the molecule is Cc1nc(Cl)c(C=O)c(NC2CCOC(C)(C)C2)n1. The molecule has 1 aromatic rings. The van der Waals surface area contributed by atoms with Crippen LogP contribution in [0.3, 0.4) is 0 Å². The molecule has 1 atom stereocenters. The Bertz CT molecular complexity index is 491. The topological polar surface area (TPSA) is 64.1 Å². The molecule has 2 heterocycles. The number of carbonyl (C=O) groups excluding carboxylic acids is 1. The quantitative estimate of drug-likeness (QED) is 0.682. The van der Waals surface area contributed by atoms with E-state index in [0.717, 1.165) is 12.8 Å². The molecule has 1 saturated heterocycles. The van der Waals surface area contributed by atoms with Crippen molar-refractivity contribution in [2.24, 2.45) is 0 Å². The number of rotatable bonds is 3. The number of ether oxygens (including phenoxy) is 1. The smallest absolute Gasteiger partial charge is 0.156 e. The Hall–Kier alpha value is -1.20. The summed E-state index contributed by atoms with van der Waals surface area (Å²) in [5.41, 5.74) is 0.153. The standard InChI is InChI=1S/C13H18ClN3O2/c1-8-15-11(14)10(7-18)12(16-8)17-9-4-5-19-13(2,3)6-9/h7,9H,4-6H2,1-3H3,(H,15,16,17). The minimum atomic E-state index is -0.164. The lowest BCUT2D eigenvalue weighted by Crippen LogP contribution is -2.40. The van der Waals surface area contributed by atoms with Crippen LogP contribution in [-0.4, -0.2) is 34.5 Å². The molecular weight excluding hydrogens is 266 g/mol.